The molecule has 0 amide bonds. The molecule has 0 unspecified atom stereocenters. The fraction of sp³-hybridized carbons (Fsp3) is 0.562. The fourth-order valence-corrected chi connectivity index (χ4v) is 2.86. The number of nitrogens with one attached hydrogen (secondary N) is 2. The average molecular weight is 424 g/mol. The van der Waals surface area contributed by atoms with E-state index in [0.29, 0.717) is 23.1 Å². The second-order valence-corrected chi connectivity index (χ2v) is 7.43. The van der Waals surface area contributed by atoms with Gasteiger partial charge in [-0.1, -0.05) is 35.8 Å². The van der Waals surface area contributed by atoms with Crippen molar-refractivity contribution < 1.29 is 22.7 Å². The van der Waals surface area contributed by atoms with Gasteiger partial charge >= 0.3 is 12.1 Å². The molecule has 1 aliphatic rings. The van der Waals surface area contributed by atoms with E-state index in [1.807, 2.05) is 13.8 Å². The molecule has 140 valence electrons. The Morgan fingerprint density at radius 3 is 2.48 bits per heavy atom. The molecule has 1 aromatic rings. The number of esters is 1. The quantitative estimate of drug-likeness (QED) is 0.462. The lowest BCUT2D eigenvalue weighted by molar-refractivity contribution is -0.165. The lowest BCUT2D eigenvalue weighted by Crippen LogP contribution is -2.35. The molecule has 0 aliphatic carbocycles. The molecular formula is C16H21BrF3N3O2. The number of benzene rings is 1. The van der Waals surface area contributed by atoms with E-state index < -0.39 is 23.9 Å². The zero-order valence-corrected chi connectivity index (χ0v) is 15.5. The maximum atomic E-state index is 13.2. The molecular weight excluding hydrogens is 403 g/mol. The van der Waals surface area contributed by atoms with Gasteiger partial charge in [-0.2, -0.15) is 13.2 Å². The normalized spacial score (nSPS) is 17.4. The minimum Gasteiger partial charge on any atom is -0.464 e. The molecule has 0 saturated carbocycles. The van der Waals surface area contributed by atoms with Crippen molar-refractivity contribution >= 4 is 21.9 Å². The van der Waals surface area contributed by atoms with Crippen LogP contribution >= 0.6 is 15.9 Å². The summed E-state index contributed by atoms with van der Waals surface area (Å²) in [5, 5.41) is 0. The third kappa shape index (κ3) is 4.93. The standard InChI is InChI=1S/C16H21BrF3N3O2/c1-9(2)8-25-14(24)13(21)4-3-10-5-11(7-12(17)6-10)15(22-23-15)16(18,19)20/h5-7,9,13,22-23H,3-4,8,21H2,1-2H3/t13-/m0/s1. The number of hydrazine groups is 1. The zero-order chi connectivity index (χ0) is 18.8. The molecule has 4 N–H and O–H groups in total. The molecule has 0 bridgehead atoms. The first-order chi connectivity index (χ1) is 11.5. The van der Waals surface area contributed by atoms with Crippen LogP contribution in [0.25, 0.3) is 0 Å². The molecule has 0 aromatic heterocycles. The van der Waals surface area contributed by atoms with Gasteiger partial charge in [-0.05, 0) is 42.0 Å². The van der Waals surface area contributed by atoms with Crippen LogP contribution in [0, 0.1) is 5.92 Å². The Bertz CT molecular complexity index is 634. The predicted molar refractivity (Wildman–Crippen MR) is 90.2 cm³/mol. The highest BCUT2D eigenvalue weighted by atomic mass is 79.9. The van der Waals surface area contributed by atoms with Gasteiger partial charge in [0.1, 0.15) is 6.04 Å². The number of aryl methyl sites for hydroxylation is 1. The molecule has 1 heterocycles. The molecule has 9 heteroatoms. The van der Waals surface area contributed by atoms with Crippen molar-refractivity contribution in [2.24, 2.45) is 11.7 Å². The summed E-state index contributed by atoms with van der Waals surface area (Å²) in [7, 11) is 0. The number of nitrogens with two attached hydrogens (primary N) is 1. The van der Waals surface area contributed by atoms with Crippen molar-refractivity contribution in [3.05, 3.63) is 33.8 Å². The Morgan fingerprint density at radius 1 is 1.32 bits per heavy atom. The lowest BCUT2D eigenvalue weighted by Gasteiger charge is -2.18. The van der Waals surface area contributed by atoms with Gasteiger partial charge in [-0.15, -0.1) is 0 Å². The molecule has 5 nitrogen and oxygen atoms in total. The molecule has 25 heavy (non-hydrogen) atoms. The molecule has 1 atom stereocenters. The van der Waals surface area contributed by atoms with Crippen LogP contribution in [0.15, 0.2) is 22.7 Å². The van der Waals surface area contributed by atoms with Crippen LogP contribution in [0.5, 0.6) is 0 Å². The van der Waals surface area contributed by atoms with Crippen LogP contribution in [0.2, 0.25) is 0 Å². The van der Waals surface area contributed by atoms with E-state index in [2.05, 4.69) is 26.8 Å². The predicted octanol–water partition coefficient (Wildman–Crippen LogP) is 2.73. The maximum Gasteiger partial charge on any atom is 0.426 e. The van der Waals surface area contributed by atoms with Crippen molar-refractivity contribution in [1.29, 1.82) is 0 Å². The molecule has 1 saturated heterocycles. The minimum absolute atomic E-state index is 0.0559. The Labute approximate surface area is 152 Å². The molecule has 1 fully saturated rings. The van der Waals surface area contributed by atoms with E-state index >= 15 is 0 Å². The van der Waals surface area contributed by atoms with Gasteiger partial charge < -0.3 is 10.5 Å². The van der Waals surface area contributed by atoms with Crippen molar-refractivity contribution in [2.45, 2.75) is 44.6 Å². The molecule has 1 aromatic carbocycles. The maximum absolute atomic E-state index is 13.2. The van der Waals surface area contributed by atoms with Gasteiger partial charge in [0, 0.05) is 4.47 Å². The number of carbonyl (C=O) groups is 1. The van der Waals surface area contributed by atoms with E-state index in [9.17, 15) is 18.0 Å². The fourth-order valence-electron chi connectivity index (χ4n) is 2.32. The van der Waals surface area contributed by atoms with Crippen LogP contribution in [0.1, 0.15) is 31.4 Å². The Hall–Kier alpha value is -1.16. The number of rotatable bonds is 7. The topological polar surface area (TPSA) is 96.2 Å². The summed E-state index contributed by atoms with van der Waals surface area (Å²) in [6.45, 7) is 4.12. The summed E-state index contributed by atoms with van der Waals surface area (Å²) >= 11 is 3.23. The number of hydrogen-bond donors (Lipinski definition) is 3. The summed E-state index contributed by atoms with van der Waals surface area (Å²) in [4.78, 5) is 11.8. The van der Waals surface area contributed by atoms with E-state index in [1.54, 1.807) is 6.07 Å². The van der Waals surface area contributed by atoms with E-state index in [0.717, 1.165) is 0 Å². The molecule has 0 radical (unpaired) electrons. The van der Waals surface area contributed by atoms with Gasteiger partial charge in [-0.3, -0.25) is 4.79 Å². The zero-order valence-electron chi connectivity index (χ0n) is 13.9. The first-order valence-electron chi connectivity index (χ1n) is 7.88. The second kappa shape index (κ2) is 7.61. The molecule has 0 spiro atoms. The van der Waals surface area contributed by atoms with Crippen molar-refractivity contribution in [3.63, 3.8) is 0 Å². The van der Waals surface area contributed by atoms with E-state index in [-0.39, 0.29) is 17.9 Å². The van der Waals surface area contributed by atoms with Crippen molar-refractivity contribution in [3.8, 4) is 0 Å². The minimum atomic E-state index is -4.47. The Morgan fingerprint density at radius 2 is 1.96 bits per heavy atom. The van der Waals surface area contributed by atoms with E-state index in [1.165, 1.54) is 12.1 Å². The first-order valence-corrected chi connectivity index (χ1v) is 8.67. The average Bonchev–Trinajstić information content (AvgIpc) is 3.31. The van der Waals surface area contributed by atoms with Crippen molar-refractivity contribution in [1.82, 2.24) is 10.9 Å². The van der Waals surface area contributed by atoms with Gasteiger partial charge in [0.2, 0.25) is 5.66 Å². The summed E-state index contributed by atoms with van der Waals surface area (Å²) in [5.74, 6) is -0.290. The number of carbonyl (C=O) groups excluding carboxylic acids is 1. The second-order valence-electron chi connectivity index (χ2n) is 6.51. The summed E-state index contributed by atoms with van der Waals surface area (Å²) < 4.78 is 45.2. The van der Waals surface area contributed by atoms with Gasteiger partial charge in [0.05, 0.1) is 6.61 Å². The van der Waals surface area contributed by atoms with Crippen LogP contribution in [0.4, 0.5) is 13.2 Å². The number of ether oxygens (including phenoxy) is 1. The SMILES string of the molecule is CC(C)COC(=O)[C@@H](N)CCc1cc(Br)cc(C2(C(F)(F)F)NN2)c1. The van der Waals surface area contributed by atoms with Crippen molar-refractivity contribution in [2.75, 3.05) is 6.61 Å². The largest absolute Gasteiger partial charge is 0.464 e. The van der Waals surface area contributed by atoms with Crippen LogP contribution in [0.3, 0.4) is 0 Å². The van der Waals surface area contributed by atoms with Gasteiger partial charge in [-0.25, -0.2) is 10.9 Å². The van der Waals surface area contributed by atoms with Gasteiger partial charge in [0.15, 0.2) is 0 Å². The van der Waals surface area contributed by atoms with E-state index in [4.69, 9.17) is 10.5 Å². The Balaban J connectivity index is 2.03. The third-order valence-corrected chi connectivity index (χ3v) is 4.25. The highest BCUT2D eigenvalue weighted by Gasteiger charge is 2.65. The lowest BCUT2D eigenvalue weighted by atomic mass is 9.98. The highest BCUT2D eigenvalue weighted by Crippen LogP contribution is 2.43. The van der Waals surface area contributed by atoms with Crippen LogP contribution in [-0.2, 0) is 21.6 Å². The number of halogens is 4. The summed E-state index contributed by atoms with van der Waals surface area (Å²) in [6.07, 6.45) is -3.83. The molecule has 2 rings (SSSR count). The summed E-state index contributed by atoms with van der Waals surface area (Å²) in [5.41, 5.74) is 8.64. The highest BCUT2D eigenvalue weighted by molar-refractivity contribution is 9.10. The Kier molecular flexibility index (Phi) is 6.13. The first kappa shape index (κ1) is 20.2. The number of hydrogen-bond acceptors (Lipinski definition) is 5. The summed E-state index contributed by atoms with van der Waals surface area (Å²) in [6, 6.07) is 3.76. The number of alkyl halides is 3. The molecule has 1 aliphatic heterocycles. The monoisotopic (exact) mass is 423 g/mol. The smallest absolute Gasteiger partial charge is 0.426 e. The van der Waals surface area contributed by atoms with Gasteiger partial charge in [0.25, 0.3) is 0 Å². The van der Waals surface area contributed by atoms with Crippen LogP contribution < -0.4 is 16.6 Å². The van der Waals surface area contributed by atoms with Crippen LogP contribution in [-0.4, -0.2) is 24.8 Å². The third-order valence-electron chi connectivity index (χ3n) is 3.80.